The molecular formula is C10H24N2O3S. The van der Waals surface area contributed by atoms with Crippen molar-refractivity contribution in [2.24, 2.45) is 5.92 Å². The first-order valence-electron chi connectivity index (χ1n) is 5.67. The molecule has 0 aliphatic carbocycles. The molecule has 0 aromatic carbocycles. The van der Waals surface area contributed by atoms with Gasteiger partial charge in [0.15, 0.2) is 0 Å². The van der Waals surface area contributed by atoms with Gasteiger partial charge in [0.05, 0.1) is 5.75 Å². The summed E-state index contributed by atoms with van der Waals surface area (Å²) in [6.07, 6.45) is 0.714. The Hall–Kier alpha value is -0.170. The fourth-order valence-electron chi connectivity index (χ4n) is 1.03. The number of hydrogen-bond acceptors (Lipinski definition) is 4. The maximum Gasteiger partial charge on any atom is 0.212 e. The van der Waals surface area contributed by atoms with Crippen molar-refractivity contribution in [3.8, 4) is 0 Å². The molecule has 98 valence electrons. The summed E-state index contributed by atoms with van der Waals surface area (Å²) in [5.74, 6) is 0.642. The normalized spacial score (nSPS) is 12.2. The van der Waals surface area contributed by atoms with Crippen LogP contribution in [0.4, 0.5) is 0 Å². The second kappa shape index (κ2) is 8.92. The lowest BCUT2D eigenvalue weighted by atomic mass is 10.2. The minimum absolute atomic E-state index is 0.121. The van der Waals surface area contributed by atoms with E-state index in [1.165, 1.54) is 0 Å². The molecule has 0 amide bonds. The zero-order valence-electron chi connectivity index (χ0n) is 10.5. The highest BCUT2D eigenvalue weighted by Gasteiger charge is 2.07. The first kappa shape index (κ1) is 15.8. The third kappa shape index (κ3) is 10.4. The molecule has 5 nitrogen and oxygen atoms in total. The fourth-order valence-corrected chi connectivity index (χ4v) is 2.10. The van der Waals surface area contributed by atoms with E-state index < -0.39 is 10.0 Å². The summed E-state index contributed by atoms with van der Waals surface area (Å²) in [5.41, 5.74) is 0. The van der Waals surface area contributed by atoms with Gasteiger partial charge in [0.2, 0.25) is 10.0 Å². The molecule has 0 heterocycles. The Morgan fingerprint density at radius 2 is 1.94 bits per heavy atom. The van der Waals surface area contributed by atoms with Crippen molar-refractivity contribution in [1.29, 1.82) is 0 Å². The van der Waals surface area contributed by atoms with Crippen molar-refractivity contribution in [2.75, 3.05) is 39.1 Å². The highest BCUT2D eigenvalue weighted by Crippen LogP contribution is 1.93. The van der Waals surface area contributed by atoms with Crippen molar-refractivity contribution in [3.63, 3.8) is 0 Å². The van der Waals surface area contributed by atoms with Crippen LogP contribution in [0.25, 0.3) is 0 Å². The number of hydrogen-bond donors (Lipinski definition) is 2. The summed E-state index contributed by atoms with van der Waals surface area (Å²) in [5, 5.41) is 2.80. The van der Waals surface area contributed by atoms with Crippen molar-refractivity contribution in [1.82, 2.24) is 10.0 Å². The lowest BCUT2D eigenvalue weighted by Crippen LogP contribution is -2.31. The molecule has 0 aromatic heterocycles. The van der Waals surface area contributed by atoms with E-state index in [1.807, 2.05) is 0 Å². The Morgan fingerprint density at radius 3 is 2.50 bits per heavy atom. The van der Waals surface area contributed by atoms with E-state index in [9.17, 15) is 8.42 Å². The Morgan fingerprint density at radius 1 is 1.25 bits per heavy atom. The second-order valence-electron chi connectivity index (χ2n) is 4.14. The summed E-state index contributed by atoms with van der Waals surface area (Å²) >= 11 is 0. The standard InChI is InChI=1S/C10H24N2O3S/c1-10(2)9-15-7-4-5-12-16(13,14)8-6-11-3/h10-12H,4-9H2,1-3H3. The van der Waals surface area contributed by atoms with Gasteiger partial charge in [0.25, 0.3) is 0 Å². The van der Waals surface area contributed by atoms with Crippen molar-refractivity contribution >= 4 is 10.0 Å². The predicted octanol–water partition coefficient (Wildman–Crippen LogP) is 0.188. The van der Waals surface area contributed by atoms with Crippen LogP contribution in [-0.4, -0.2) is 47.5 Å². The van der Waals surface area contributed by atoms with Crippen molar-refractivity contribution < 1.29 is 13.2 Å². The lowest BCUT2D eigenvalue weighted by molar-refractivity contribution is 0.108. The second-order valence-corrected chi connectivity index (χ2v) is 6.07. The Balaban J connectivity index is 3.43. The Kier molecular flexibility index (Phi) is 8.83. The number of sulfonamides is 1. The molecule has 0 aliphatic heterocycles. The maximum absolute atomic E-state index is 11.3. The highest BCUT2D eigenvalue weighted by molar-refractivity contribution is 7.89. The van der Waals surface area contributed by atoms with Crippen LogP contribution in [0.5, 0.6) is 0 Å². The van der Waals surface area contributed by atoms with E-state index in [-0.39, 0.29) is 5.75 Å². The van der Waals surface area contributed by atoms with Gasteiger partial charge in [0.1, 0.15) is 0 Å². The van der Waals surface area contributed by atoms with Gasteiger partial charge < -0.3 is 10.1 Å². The van der Waals surface area contributed by atoms with Crippen LogP contribution in [0.3, 0.4) is 0 Å². The Bertz CT molecular complexity index is 253. The molecule has 0 bridgehead atoms. The van der Waals surface area contributed by atoms with E-state index >= 15 is 0 Å². The summed E-state index contributed by atoms with van der Waals surface area (Å²) in [6, 6.07) is 0. The van der Waals surface area contributed by atoms with Crippen LogP contribution in [0.15, 0.2) is 0 Å². The molecule has 2 N–H and O–H groups in total. The Labute approximate surface area is 99.0 Å². The molecule has 0 aliphatic rings. The molecule has 0 spiro atoms. The van der Waals surface area contributed by atoms with Gasteiger partial charge in [-0.2, -0.15) is 0 Å². The smallest absolute Gasteiger partial charge is 0.212 e. The molecule has 0 aromatic rings. The van der Waals surface area contributed by atoms with E-state index in [1.54, 1.807) is 7.05 Å². The third-order valence-electron chi connectivity index (χ3n) is 1.86. The molecule has 0 radical (unpaired) electrons. The molecule has 0 saturated heterocycles. The van der Waals surface area contributed by atoms with Crippen LogP contribution in [-0.2, 0) is 14.8 Å². The highest BCUT2D eigenvalue weighted by atomic mass is 32.2. The first-order chi connectivity index (χ1) is 7.48. The number of nitrogens with one attached hydrogen (secondary N) is 2. The van der Waals surface area contributed by atoms with Gasteiger partial charge in [-0.3, -0.25) is 0 Å². The zero-order chi connectivity index (χ0) is 12.4. The fraction of sp³-hybridized carbons (Fsp3) is 1.00. The van der Waals surface area contributed by atoms with Crippen molar-refractivity contribution in [2.45, 2.75) is 20.3 Å². The molecule has 0 fully saturated rings. The quantitative estimate of drug-likeness (QED) is 0.545. The SMILES string of the molecule is CNCCS(=O)(=O)NCCCOCC(C)C. The summed E-state index contributed by atoms with van der Waals surface area (Å²) in [6.45, 7) is 6.42. The molecule has 0 rings (SSSR count). The van der Waals surface area contributed by atoms with Gasteiger partial charge in [-0.25, -0.2) is 13.1 Å². The van der Waals surface area contributed by atoms with E-state index in [2.05, 4.69) is 23.9 Å². The van der Waals surface area contributed by atoms with Gasteiger partial charge in [0, 0.05) is 26.3 Å². The molecule has 0 unspecified atom stereocenters. The predicted molar refractivity (Wildman–Crippen MR) is 66.0 cm³/mol. The average Bonchev–Trinajstić information content (AvgIpc) is 2.20. The zero-order valence-corrected chi connectivity index (χ0v) is 11.3. The largest absolute Gasteiger partial charge is 0.381 e. The van der Waals surface area contributed by atoms with Gasteiger partial charge in [-0.1, -0.05) is 13.8 Å². The monoisotopic (exact) mass is 252 g/mol. The molecular weight excluding hydrogens is 228 g/mol. The minimum atomic E-state index is -3.12. The number of ether oxygens (including phenoxy) is 1. The number of rotatable bonds is 10. The van der Waals surface area contributed by atoms with Gasteiger partial charge in [-0.15, -0.1) is 0 Å². The lowest BCUT2D eigenvalue weighted by Gasteiger charge is -2.08. The van der Waals surface area contributed by atoms with Crippen LogP contribution < -0.4 is 10.0 Å². The molecule has 16 heavy (non-hydrogen) atoms. The summed E-state index contributed by atoms with van der Waals surface area (Å²) in [7, 11) is -1.38. The maximum atomic E-state index is 11.3. The van der Waals surface area contributed by atoms with Crippen molar-refractivity contribution in [3.05, 3.63) is 0 Å². The van der Waals surface area contributed by atoms with E-state index in [0.29, 0.717) is 32.0 Å². The first-order valence-corrected chi connectivity index (χ1v) is 7.33. The van der Waals surface area contributed by atoms with Crippen LogP contribution in [0.2, 0.25) is 0 Å². The molecule has 6 heteroatoms. The summed E-state index contributed by atoms with van der Waals surface area (Å²) < 4.78 is 30.6. The average molecular weight is 252 g/mol. The molecule has 0 atom stereocenters. The van der Waals surface area contributed by atoms with Gasteiger partial charge in [-0.05, 0) is 19.4 Å². The molecule has 0 saturated carbocycles. The van der Waals surface area contributed by atoms with Gasteiger partial charge >= 0.3 is 0 Å². The third-order valence-corrected chi connectivity index (χ3v) is 3.24. The minimum Gasteiger partial charge on any atom is -0.381 e. The van der Waals surface area contributed by atoms with Crippen LogP contribution in [0, 0.1) is 5.92 Å². The van der Waals surface area contributed by atoms with Crippen LogP contribution >= 0.6 is 0 Å². The summed E-state index contributed by atoms with van der Waals surface area (Å²) in [4.78, 5) is 0. The van der Waals surface area contributed by atoms with E-state index in [0.717, 1.165) is 6.61 Å². The van der Waals surface area contributed by atoms with E-state index in [4.69, 9.17) is 4.74 Å². The van der Waals surface area contributed by atoms with Crippen LogP contribution in [0.1, 0.15) is 20.3 Å². The topological polar surface area (TPSA) is 67.4 Å².